The average Bonchev–Trinajstić information content (AvgIpc) is 2.86. The summed E-state index contributed by atoms with van der Waals surface area (Å²) >= 11 is 1.25. The van der Waals surface area contributed by atoms with Gasteiger partial charge in [-0.15, -0.1) is 0 Å². The minimum absolute atomic E-state index is 0.0538. The first kappa shape index (κ1) is 26.8. The molecule has 0 aliphatic carbocycles. The highest BCUT2D eigenvalue weighted by molar-refractivity contribution is 8.04. The number of esters is 1. The van der Waals surface area contributed by atoms with E-state index in [1.54, 1.807) is 0 Å². The number of anilines is 1. The van der Waals surface area contributed by atoms with Gasteiger partial charge in [0.15, 0.2) is 0 Å². The summed E-state index contributed by atoms with van der Waals surface area (Å²) in [4.78, 5) is 14.4. The Labute approximate surface area is 223 Å². The van der Waals surface area contributed by atoms with E-state index in [9.17, 15) is 15.0 Å². The molecule has 0 saturated heterocycles. The van der Waals surface area contributed by atoms with Crippen LogP contribution in [0.15, 0.2) is 82.3 Å². The molecule has 0 bridgehead atoms. The van der Waals surface area contributed by atoms with Gasteiger partial charge in [0.2, 0.25) is 0 Å². The van der Waals surface area contributed by atoms with Crippen molar-refractivity contribution in [2.24, 2.45) is 5.92 Å². The number of cyclic esters (lactones) is 1. The van der Waals surface area contributed by atoms with Crippen LogP contribution in [0.3, 0.4) is 0 Å². The highest BCUT2D eigenvalue weighted by Gasteiger charge is 2.39. The van der Waals surface area contributed by atoms with Crippen LogP contribution in [0.25, 0.3) is 0 Å². The Kier molecular flexibility index (Phi) is 8.00. The third-order valence-corrected chi connectivity index (χ3v) is 7.99. The van der Waals surface area contributed by atoms with E-state index >= 15 is 0 Å². The SMILES string of the molecule is Cc1cc(SC2=C(O)C(CCc3ccc(N)cc3)C(c3ccccc3)OC2=O)c(C(C)(C)C)cc1CO. The van der Waals surface area contributed by atoms with Crippen LogP contribution in [0.2, 0.25) is 0 Å². The van der Waals surface area contributed by atoms with E-state index in [4.69, 9.17) is 10.5 Å². The molecule has 3 aromatic carbocycles. The lowest BCUT2D eigenvalue weighted by Gasteiger charge is -2.33. The Morgan fingerprint density at radius 1 is 1.03 bits per heavy atom. The van der Waals surface area contributed by atoms with Crippen molar-refractivity contribution in [1.29, 1.82) is 0 Å². The number of aliphatic hydroxyl groups is 2. The molecule has 1 aliphatic rings. The summed E-state index contributed by atoms with van der Waals surface area (Å²) in [5.74, 6) is -0.853. The largest absolute Gasteiger partial charge is 0.510 e. The number of rotatable bonds is 7. The highest BCUT2D eigenvalue weighted by Crippen LogP contribution is 2.46. The van der Waals surface area contributed by atoms with Crippen molar-refractivity contribution in [1.82, 2.24) is 0 Å². The van der Waals surface area contributed by atoms with Gasteiger partial charge in [-0.25, -0.2) is 4.79 Å². The van der Waals surface area contributed by atoms with Gasteiger partial charge in [-0.05, 0) is 71.2 Å². The molecule has 1 heterocycles. The molecule has 0 fully saturated rings. The lowest BCUT2D eigenvalue weighted by atomic mass is 9.85. The zero-order chi connectivity index (χ0) is 26.7. The van der Waals surface area contributed by atoms with Gasteiger partial charge in [-0.3, -0.25) is 0 Å². The van der Waals surface area contributed by atoms with Crippen molar-refractivity contribution in [3.63, 3.8) is 0 Å². The van der Waals surface area contributed by atoms with Crippen LogP contribution in [0.1, 0.15) is 61.1 Å². The van der Waals surface area contributed by atoms with Crippen molar-refractivity contribution in [3.8, 4) is 0 Å². The Hall–Kier alpha value is -3.22. The van der Waals surface area contributed by atoms with E-state index in [0.29, 0.717) is 18.5 Å². The lowest BCUT2D eigenvalue weighted by molar-refractivity contribution is -0.149. The Balaban J connectivity index is 1.73. The molecule has 0 radical (unpaired) electrons. The van der Waals surface area contributed by atoms with Crippen molar-refractivity contribution >= 4 is 23.4 Å². The Bertz CT molecular complexity index is 1290. The molecular formula is C31H35NO4S. The zero-order valence-electron chi connectivity index (χ0n) is 21.8. The molecule has 0 amide bonds. The summed E-state index contributed by atoms with van der Waals surface area (Å²) in [6, 6.07) is 21.3. The van der Waals surface area contributed by atoms with Gasteiger partial charge in [0.1, 0.15) is 16.8 Å². The molecule has 4 N–H and O–H groups in total. The summed E-state index contributed by atoms with van der Waals surface area (Å²) in [5.41, 5.74) is 11.1. The van der Waals surface area contributed by atoms with Crippen molar-refractivity contribution < 1.29 is 19.7 Å². The number of nitrogen functional groups attached to an aromatic ring is 1. The van der Waals surface area contributed by atoms with Crippen molar-refractivity contribution in [2.45, 2.75) is 63.6 Å². The molecule has 3 aromatic rings. The third kappa shape index (κ3) is 6.03. The molecule has 37 heavy (non-hydrogen) atoms. The predicted molar refractivity (Wildman–Crippen MR) is 149 cm³/mol. The van der Waals surface area contributed by atoms with E-state index < -0.39 is 18.0 Å². The van der Waals surface area contributed by atoms with E-state index in [1.807, 2.05) is 73.7 Å². The zero-order valence-corrected chi connectivity index (χ0v) is 22.6. The Morgan fingerprint density at radius 2 is 1.70 bits per heavy atom. The minimum Gasteiger partial charge on any atom is -0.510 e. The van der Waals surface area contributed by atoms with Gasteiger partial charge in [0, 0.05) is 10.6 Å². The second-order valence-corrected chi connectivity index (χ2v) is 11.7. The minimum atomic E-state index is -0.576. The first-order valence-electron chi connectivity index (χ1n) is 12.5. The molecule has 0 aromatic heterocycles. The van der Waals surface area contributed by atoms with E-state index in [1.165, 1.54) is 11.8 Å². The Morgan fingerprint density at radius 3 is 2.32 bits per heavy atom. The van der Waals surface area contributed by atoms with Gasteiger partial charge in [0.05, 0.1) is 12.5 Å². The van der Waals surface area contributed by atoms with E-state index in [2.05, 4.69) is 20.8 Å². The fourth-order valence-electron chi connectivity index (χ4n) is 4.68. The topological polar surface area (TPSA) is 92.8 Å². The van der Waals surface area contributed by atoms with Crippen LogP contribution in [0.5, 0.6) is 0 Å². The summed E-state index contributed by atoms with van der Waals surface area (Å²) in [6.07, 6.45) is 0.722. The molecule has 1 aliphatic heterocycles. The molecule has 2 atom stereocenters. The first-order chi connectivity index (χ1) is 17.6. The van der Waals surface area contributed by atoms with Crippen molar-refractivity contribution in [2.75, 3.05) is 5.73 Å². The van der Waals surface area contributed by atoms with E-state index in [0.717, 1.165) is 32.7 Å². The molecule has 6 heteroatoms. The predicted octanol–water partition coefficient (Wildman–Crippen LogP) is 6.78. The van der Waals surface area contributed by atoms with Crippen LogP contribution in [-0.4, -0.2) is 16.2 Å². The maximum Gasteiger partial charge on any atom is 0.349 e. The molecule has 4 rings (SSSR count). The maximum absolute atomic E-state index is 13.3. The second kappa shape index (κ2) is 11.0. The number of ether oxygens (including phenoxy) is 1. The molecule has 2 unspecified atom stereocenters. The van der Waals surface area contributed by atoms with Gasteiger partial charge in [-0.1, -0.05) is 81.1 Å². The van der Waals surface area contributed by atoms with Gasteiger partial charge in [-0.2, -0.15) is 0 Å². The highest BCUT2D eigenvalue weighted by atomic mass is 32.2. The number of aryl methyl sites for hydroxylation is 2. The van der Waals surface area contributed by atoms with Gasteiger partial charge < -0.3 is 20.7 Å². The van der Waals surface area contributed by atoms with Crippen LogP contribution < -0.4 is 5.73 Å². The number of nitrogens with two attached hydrogens (primary N) is 1. The fraction of sp³-hybridized carbons (Fsp3) is 0.323. The van der Waals surface area contributed by atoms with Crippen LogP contribution in [0, 0.1) is 12.8 Å². The first-order valence-corrected chi connectivity index (χ1v) is 13.4. The summed E-state index contributed by atoms with van der Waals surface area (Å²) in [5, 5.41) is 21.4. The standard InChI is InChI=1S/C31H35NO4S/c1-19-16-26(25(31(2,3)4)17-22(19)18-33)37-29-27(34)24(15-12-20-10-13-23(32)14-11-20)28(36-30(29)35)21-8-6-5-7-9-21/h5-11,13-14,16-17,24,28,33-34H,12,15,18,32H2,1-4H3. The van der Waals surface area contributed by atoms with Crippen LogP contribution in [-0.2, 0) is 28.0 Å². The number of carbonyl (C=O) groups excluding carboxylic acids is 1. The molecular weight excluding hydrogens is 482 g/mol. The molecule has 194 valence electrons. The lowest BCUT2D eigenvalue weighted by Crippen LogP contribution is -2.29. The molecule has 0 saturated carbocycles. The number of carbonyl (C=O) groups is 1. The fourth-order valence-corrected chi connectivity index (χ4v) is 5.99. The van der Waals surface area contributed by atoms with Gasteiger partial charge in [0.25, 0.3) is 0 Å². The monoisotopic (exact) mass is 517 g/mol. The number of benzene rings is 3. The van der Waals surface area contributed by atoms with Gasteiger partial charge >= 0.3 is 5.97 Å². The molecule has 5 nitrogen and oxygen atoms in total. The van der Waals surface area contributed by atoms with Crippen LogP contribution in [0.4, 0.5) is 5.69 Å². The summed E-state index contributed by atoms with van der Waals surface area (Å²) in [6.45, 7) is 8.17. The normalized spacial score (nSPS) is 18.1. The van der Waals surface area contributed by atoms with Crippen LogP contribution >= 0.6 is 11.8 Å². The van der Waals surface area contributed by atoms with Crippen molar-refractivity contribution in [3.05, 3.63) is 105 Å². The average molecular weight is 518 g/mol. The summed E-state index contributed by atoms with van der Waals surface area (Å²) < 4.78 is 6.01. The quantitative estimate of drug-likeness (QED) is 0.236. The smallest absolute Gasteiger partial charge is 0.349 e. The molecule has 0 spiro atoms. The second-order valence-electron chi connectivity index (χ2n) is 10.6. The third-order valence-electron chi connectivity index (χ3n) is 6.85. The number of hydrogen-bond donors (Lipinski definition) is 3. The maximum atomic E-state index is 13.3. The summed E-state index contributed by atoms with van der Waals surface area (Å²) in [7, 11) is 0. The number of hydrogen-bond acceptors (Lipinski definition) is 6. The number of thioether (sulfide) groups is 1. The number of aliphatic hydroxyl groups excluding tert-OH is 2. The van der Waals surface area contributed by atoms with E-state index in [-0.39, 0.29) is 22.7 Å².